The van der Waals surface area contributed by atoms with Gasteiger partial charge in [0.25, 0.3) is 0 Å². The molecular weight excluding hydrogens is 376 g/mol. The zero-order valence-electron chi connectivity index (χ0n) is 17.1. The minimum absolute atomic E-state index is 0.749. The van der Waals surface area contributed by atoms with Crippen LogP contribution in [0.1, 0.15) is 16.7 Å². The summed E-state index contributed by atoms with van der Waals surface area (Å²) in [6, 6.07) is 45.7. The second kappa shape index (κ2) is 8.37. The van der Waals surface area contributed by atoms with Crippen molar-refractivity contribution in [2.24, 2.45) is 10.2 Å². The Morgan fingerprint density at radius 1 is 0.419 bits per heavy atom. The molecule has 0 heterocycles. The van der Waals surface area contributed by atoms with Crippen LogP contribution in [0.5, 0.6) is 0 Å². The van der Waals surface area contributed by atoms with E-state index in [0.717, 1.165) is 33.2 Å². The lowest BCUT2D eigenvalue weighted by atomic mass is 9.78. The highest BCUT2D eigenvalue weighted by atomic mass is 15.2. The van der Waals surface area contributed by atoms with Crippen molar-refractivity contribution in [1.29, 1.82) is 0 Å². The molecule has 0 unspecified atom stereocenters. The second-order valence-corrected chi connectivity index (χ2v) is 7.51. The molecule has 0 atom stereocenters. The lowest BCUT2D eigenvalue weighted by molar-refractivity contribution is 0.618. The highest BCUT2D eigenvalue weighted by Gasteiger charge is 2.36. The Hall–Kier alpha value is -4.04. The van der Waals surface area contributed by atoms with Gasteiger partial charge in [0.1, 0.15) is 0 Å². The maximum absolute atomic E-state index is 5.11. The first-order valence-electron chi connectivity index (χ1n) is 10.5. The van der Waals surface area contributed by atoms with Crippen LogP contribution in [0.25, 0.3) is 10.8 Å². The van der Waals surface area contributed by atoms with Crippen LogP contribution in [0.3, 0.4) is 0 Å². The third-order valence-corrected chi connectivity index (χ3v) is 5.65. The number of rotatable bonds is 5. The highest BCUT2D eigenvalue weighted by Crippen LogP contribution is 2.42. The molecule has 31 heavy (non-hydrogen) atoms. The van der Waals surface area contributed by atoms with E-state index in [-0.39, 0.29) is 0 Å². The van der Waals surface area contributed by atoms with Gasteiger partial charge < -0.3 is 0 Å². The summed E-state index contributed by atoms with van der Waals surface area (Å²) in [5, 5.41) is 12.2. The summed E-state index contributed by atoms with van der Waals surface area (Å²) in [4.78, 5) is 0. The number of hydrogen-bond acceptors (Lipinski definition) is 2. The van der Waals surface area contributed by atoms with E-state index in [1.807, 2.05) is 42.5 Å². The van der Waals surface area contributed by atoms with Gasteiger partial charge in [-0.25, -0.2) is 0 Å². The smallest absolute Gasteiger partial charge is 0.157 e. The molecule has 0 N–H and O–H groups in total. The third kappa shape index (κ3) is 3.53. The lowest BCUT2D eigenvalue weighted by Gasteiger charge is -2.30. The van der Waals surface area contributed by atoms with Crippen LogP contribution in [-0.2, 0) is 5.54 Å². The molecule has 5 aromatic carbocycles. The Balaban J connectivity index is 1.79. The summed E-state index contributed by atoms with van der Waals surface area (Å²) in [6.45, 7) is 0. The van der Waals surface area contributed by atoms with Gasteiger partial charge in [-0.15, -0.1) is 0 Å². The quantitative estimate of drug-likeness (QED) is 0.212. The van der Waals surface area contributed by atoms with Crippen LogP contribution in [-0.4, -0.2) is 0 Å². The number of nitrogens with zero attached hydrogens (tertiary/aromatic N) is 2. The maximum atomic E-state index is 5.11. The average molecular weight is 399 g/mol. The average Bonchev–Trinajstić information content (AvgIpc) is 2.86. The number of benzene rings is 5. The monoisotopic (exact) mass is 398 g/mol. The van der Waals surface area contributed by atoms with Crippen LogP contribution in [0, 0.1) is 0 Å². The summed E-state index contributed by atoms with van der Waals surface area (Å²) < 4.78 is 0. The molecule has 0 aliphatic rings. The van der Waals surface area contributed by atoms with Gasteiger partial charge in [-0.2, -0.15) is 10.2 Å². The molecule has 5 rings (SSSR count). The molecule has 0 amide bonds. The lowest BCUT2D eigenvalue weighted by Crippen LogP contribution is -2.26. The van der Waals surface area contributed by atoms with Gasteiger partial charge in [0.15, 0.2) is 5.54 Å². The molecule has 0 aliphatic carbocycles. The summed E-state index contributed by atoms with van der Waals surface area (Å²) in [6.07, 6.45) is 0. The standard InChI is InChI=1S/C29H22N2/c1-4-15-24(16-5-1)29(25-17-6-2-7-18-25,26-19-8-3-9-20-26)31-30-28-22-12-14-23-13-10-11-21-27(23)28/h1-22H. The molecule has 148 valence electrons. The highest BCUT2D eigenvalue weighted by molar-refractivity contribution is 5.92. The van der Waals surface area contributed by atoms with Crippen LogP contribution < -0.4 is 0 Å². The second-order valence-electron chi connectivity index (χ2n) is 7.51. The first kappa shape index (κ1) is 19.0. The minimum Gasteiger partial charge on any atom is -0.167 e. The number of hydrogen-bond donors (Lipinski definition) is 0. The Morgan fingerprint density at radius 3 is 1.42 bits per heavy atom. The van der Waals surface area contributed by atoms with Crippen molar-refractivity contribution >= 4 is 16.5 Å². The molecular formula is C29H22N2. The van der Waals surface area contributed by atoms with Crippen molar-refractivity contribution in [3.05, 3.63) is 150 Å². The van der Waals surface area contributed by atoms with Gasteiger partial charge >= 0.3 is 0 Å². The van der Waals surface area contributed by atoms with Gasteiger partial charge in [0.2, 0.25) is 0 Å². The molecule has 0 spiro atoms. The molecule has 0 bridgehead atoms. The van der Waals surface area contributed by atoms with Crippen LogP contribution >= 0.6 is 0 Å². The predicted molar refractivity (Wildman–Crippen MR) is 128 cm³/mol. The summed E-state index contributed by atoms with van der Waals surface area (Å²) in [5.74, 6) is 0. The normalized spacial score (nSPS) is 11.7. The molecule has 0 saturated heterocycles. The minimum atomic E-state index is -0.749. The number of fused-ring (bicyclic) bond motifs is 1. The zero-order chi connectivity index (χ0) is 20.9. The van der Waals surface area contributed by atoms with Crippen LogP contribution in [0.2, 0.25) is 0 Å². The van der Waals surface area contributed by atoms with E-state index < -0.39 is 5.54 Å². The topological polar surface area (TPSA) is 24.7 Å². The summed E-state index contributed by atoms with van der Waals surface area (Å²) in [7, 11) is 0. The van der Waals surface area contributed by atoms with E-state index in [9.17, 15) is 0 Å². The molecule has 0 saturated carbocycles. The summed E-state index contributed by atoms with van der Waals surface area (Å²) in [5.41, 5.74) is 3.36. The van der Waals surface area contributed by atoms with Crippen LogP contribution in [0.15, 0.2) is 144 Å². The molecule has 0 radical (unpaired) electrons. The largest absolute Gasteiger partial charge is 0.167 e. The Morgan fingerprint density at radius 2 is 0.871 bits per heavy atom. The molecule has 0 aliphatic heterocycles. The SMILES string of the molecule is c1ccc(C(N=Nc2cccc3ccccc23)(c2ccccc2)c2ccccc2)cc1. The molecule has 0 fully saturated rings. The van der Waals surface area contributed by atoms with E-state index in [1.165, 1.54) is 0 Å². The van der Waals surface area contributed by atoms with Gasteiger partial charge in [-0.05, 0) is 28.1 Å². The first-order valence-corrected chi connectivity index (χ1v) is 10.5. The van der Waals surface area contributed by atoms with Crippen molar-refractivity contribution < 1.29 is 0 Å². The van der Waals surface area contributed by atoms with Crippen molar-refractivity contribution in [3.63, 3.8) is 0 Å². The Bertz CT molecular complexity index is 1210. The van der Waals surface area contributed by atoms with Crippen LogP contribution in [0.4, 0.5) is 5.69 Å². The Kier molecular flexibility index (Phi) is 5.12. The molecule has 2 nitrogen and oxygen atoms in total. The van der Waals surface area contributed by atoms with E-state index in [4.69, 9.17) is 10.2 Å². The van der Waals surface area contributed by atoms with Crippen molar-refractivity contribution in [1.82, 2.24) is 0 Å². The zero-order valence-corrected chi connectivity index (χ0v) is 17.1. The molecule has 5 aromatic rings. The third-order valence-electron chi connectivity index (χ3n) is 5.65. The number of azo groups is 1. The molecule has 2 heteroatoms. The van der Waals surface area contributed by atoms with E-state index in [2.05, 4.69) is 91.0 Å². The van der Waals surface area contributed by atoms with Crippen molar-refractivity contribution in [3.8, 4) is 0 Å². The fraction of sp³-hybridized carbons (Fsp3) is 0.0345. The first-order chi connectivity index (χ1) is 15.4. The van der Waals surface area contributed by atoms with Gasteiger partial charge in [0, 0.05) is 5.39 Å². The maximum Gasteiger partial charge on any atom is 0.157 e. The fourth-order valence-electron chi connectivity index (χ4n) is 4.14. The summed E-state index contributed by atoms with van der Waals surface area (Å²) >= 11 is 0. The van der Waals surface area contributed by atoms with Gasteiger partial charge in [-0.3, -0.25) is 0 Å². The fourth-order valence-corrected chi connectivity index (χ4v) is 4.14. The van der Waals surface area contributed by atoms with Gasteiger partial charge in [0.05, 0.1) is 5.69 Å². The van der Waals surface area contributed by atoms with Crippen molar-refractivity contribution in [2.45, 2.75) is 5.54 Å². The van der Waals surface area contributed by atoms with E-state index in [1.54, 1.807) is 0 Å². The van der Waals surface area contributed by atoms with E-state index in [0.29, 0.717) is 0 Å². The predicted octanol–water partition coefficient (Wildman–Crippen LogP) is 7.92. The van der Waals surface area contributed by atoms with E-state index >= 15 is 0 Å². The van der Waals surface area contributed by atoms with Crippen molar-refractivity contribution in [2.75, 3.05) is 0 Å². The molecule has 0 aromatic heterocycles. The van der Waals surface area contributed by atoms with Gasteiger partial charge in [-0.1, -0.05) is 127 Å². The Labute approximate surface area is 182 Å².